The summed E-state index contributed by atoms with van der Waals surface area (Å²) in [6.07, 6.45) is 0. The quantitative estimate of drug-likeness (QED) is 0.890. The molecule has 2 unspecified atom stereocenters. The monoisotopic (exact) mass is 346 g/mol. The highest BCUT2D eigenvalue weighted by Crippen LogP contribution is 2.31. The number of carbonyl (C=O) groups is 1. The summed E-state index contributed by atoms with van der Waals surface area (Å²) in [5, 5.41) is 12.4. The van der Waals surface area contributed by atoms with E-state index in [0.29, 0.717) is 15.2 Å². The molecule has 0 aliphatic heterocycles. The van der Waals surface area contributed by atoms with Crippen LogP contribution in [0.1, 0.15) is 13.8 Å². The summed E-state index contributed by atoms with van der Waals surface area (Å²) < 4.78 is 0. The molecule has 8 heteroatoms. The van der Waals surface area contributed by atoms with Crippen LogP contribution in [0.15, 0.2) is 24.3 Å². The van der Waals surface area contributed by atoms with Crippen molar-refractivity contribution in [3.8, 4) is 10.6 Å². The van der Waals surface area contributed by atoms with Gasteiger partial charge in [-0.1, -0.05) is 48.1 Å². The number of nitrogens with two attached hydrogens (primary N) is 1. The van der Waals surface area contributed by atoms with Gasteiger partial charge in [0.25, 0.3) is 0 Å². The zero-order chi connectivity index (χ0) is 14.7. The number of benzene rings is 1. The Morgan fingerprint density at radius 2 is 2.00 bits per heavy atom. The molecule has 2 aromatic rings. The van der Waals surface area contributed by atoms with Crippen molar-refractivity contribution >= 4 is 46.4 Å². The fourth-order valence-corrected chi connectivity index (χ4v) is 2.54. The van der Waals surface area contributed by atoms with Crippen molar-refractivity contribution in [2.75, 3.05) is 5.32 Å². The van der Waals surface area contributed by atoms with Gasteiger partial charge >= 0.3 is 0 Å². The zero-order valence-corrected chi connectivity index (χ0v) is 13.9. The summed E-state index contributed by atoms with van der Waals surface area (Å²) in [5.74, 6) is -0.454. The first-order valence-electron chi connectivity index (χ1n) is 6.14. The number of hydrogen-bond acceptors (Lipinski definition) is 5. The lowest BCUT2D eigenvalue weighted by atomic mass is 10.0. The number of halogens is 2. The molecule has 0 bridgehead atoms. The van der Waals surface area contributed by atoms with E-state index in [2.05, 4.69) is 15.5 Å². The van der Waals surface area contributed by atoms with Crippen LogP contribution in [0.5, 0.6) is 0 Å². The number of nitrogens with one attached hydrogen (secondary N) is 1. The molecule has 2 rings (SSSR count). The van der Waals surface area contributed by atoms with Crippen LogP contribution in [-0.2, 0) is 4.79 Å². The van der Waals surface area contributed by atoms with Crippen LogP contribution in [0, 0.1) is 5.92 Å². The molecule has 1 aromatic carbocycles. The molecular weight excluding hydrogens is 331 g/mol. The first-order chi connectivity index (χ1) is 9.49. The third-order valence-corrected chi connectivity index (χ3v) is 4.16. The van der Waals surface area contributed by atoms with Gasteiger partial charge in [0.05, 0.1) is 10.9 Å². The molecule has 0 aliphatic carbocycles. The van der Waals surface area contributed by atoms with Crippen LogP contribution >= 0.6 is 35.3 Å². The lowest BCUT2D eigenvalue weighted by molar-refractivity contribution is -0.119. The van der Waals surface area contributed by atoms with Crippen LogP contribution in [0.2, 0.25) is 5.02 Å². The molecule has 0 saturated heterocycles. The summed E-state index contributed by atoms with van der Waals surface area (Å²) in [4.78, 5) is 11.9. The topological polar surface area (TPSA) is 80.9 Å². The van der Waals surface area contributed by atoms with Gasteiger partial charge in [0.2, 0.25) is 11.0 Å². The number of aromatic nitrogens is 2. The van der Waals surface area contributed by atoms with E-state index >= 15 is 0 Å². The Balaban J connectivity index is 0.00000220. The van der Waals surface area contributed by atoms with E-state index in [-0.39, 0.29) is 30.3 Å². The van der Waals surface area contributed by atoms with Crippen molar-refractivity contribution in [2.45, 2.75) is 19.9 Å². The third kappa shape index (κ3) is 4.38. The Labute approximate surface area is 138 Å². The van der Waals surface area contributed by atoms with Crippen molar-refractivity contribution in [3.05, 3.63) is 29.3 Å². The van der Waals surface area contributed by atoms with Gasteiger partial charge in [-0.3, -0.25) is 4.79 Å². The Morgan fingerprint density at radius 3 is 2.62 bits per heavy atom. The predicted molar refractivity (Wildman–Crippen MR) is 89.0 cm³/mol. The number of rotatable bonds is 4. The van der Waals surface area contributed by atoms with E-state index < -0.39 is 0 Å². The van der Waals surface area contributed by atoms with E-state index in [1.54, 1.807) is 19.9 Å². The predicted octanol–water partition coefficient (Wildman–Crippen LogP) is 3.20. The highest BCUT2D eigenvalue weighted by atomic mass is 35.5. The van der Waals surface area contributed by atoms with Crippen molar-refractivity contribution in [1.29, 1.82) is 0 Å². The van der Waals surface area contributed by atoms with Crippen LogP contribution < -0.4 is 11.1 Å². The Kier molecular flexibility index (Phi) is 6.54. The number of hydrogen-bond donors (Lipinski definition) is 2. The zero-order valence-electron chi connectivity index (χ0n) is 11.5. The molecule has 21 heavy (non-hydrogen) atoms. The van der Waals surface area contributed by atoms with Gasteiger partial charge in [0.1, 0.15) is 0 Å². The molecule has 0 aliphatic rings. The molecule has 1 amide bonds. The van der Waals surface area contributed by atoms with Crippen molar-refractivity contribution in [3.63, 3.8) is 0 Å². The summed E-state index contributed by atoms with van der Waals surface area (Å²) in [7, 11) is 0. The molecule has 114 valence electrons. The highest BCUT2D eigenvalue weighted by molar-refractivity contribution is 7.18. The van der Waals surface area contributed by atoms with Crippen LogP contribution in [-0.4, -0.2) is 22.1 Å². The lowest BCUT2D eigenvalue weighted by Gasteiger charge is -2.13. The van der Waals surface area contributed by atoms with E-state index in [4.69, 9.17) is 17.3 Å². The molecule has 3 N–H and O–H groups in total. The van der Waals surface area contributed by atoms with Gasteiger partial charge in [0, 0.05) is 11.6 Å². The number of anilines is 1. The molecule has 0 fully saturated rings. The normalized spacial score (nSPS) is 13.1. The fourth-order valence-electron chi connectivity index (χ4n) is 1.48. The molecular formula is C13H16Cl2N4OS. The van der Waals surface area contributed by atoms with Crippen LogP contribution in [0.4, 0.5) is 5.13 Å². The van der Waals surface area contributed by atoms with Gasteiger partial charge < -0.3 is 11.1 Å². The molecule has 2 atom stereocenters. The summed E-state index contributed by atoms with van der Waals surface area (Å²) >= 11 is 7.38. The standard InChI is InChI=1S/C13H15ClN4OS.ClH/c1-7(8(2)15)11(19)16-13-18-17-12(20-13)9-5-3-4-6-10(9)14;/h3-8H,15H2,1-2H3,(H,16,18,19);1H. The maximum Gasteiger partial charge on any atom is 0.230 e. The fraction of sp³-hybridized carbons (Fsp3) is 0.308. The Morgan fingerprint density at radius 1 is 1.33 bits per heavy atom. The maximum absolute atomic E-state index is 11.9. The van der Waals surface area contributed by atoms with Gasteiger partial charge in [-0.05, 0) is 13.0 Å². The second-order valence-corrected chi connectivity index (χ2v) is 5.91. The molecule has 1 heterocycles. The SMILES string of the molecule is CC(N)C(C)C(=O)Nc1nnc(-c2ccccc2Cl)s1.Cl. The van der Waals surface area contributed by atoms with Crippen LogP contribution in [0.25, 0.3) is 10.6 Å². The summed E-state index contributed by atoms with van der Waals surface area (Å²) in [5.41, 5.74) is 6.49. The Hall–Kier alpha value is -1.21. The summed E-state index contributed by atoms with van der Waals surface area (Å²) in [6.45, 7) is 3.57. The minimum Gasteiger partial charge on any atom is -0.327 e. The van der Waals surface area contributed by atoms with Gasteiger partial charge in [-0.15, -0.1) is 22.6 Å². The van der Waals surface area contributed by atoms with E-state index in [9.17, 15) is 4.79 Å². The minimum atomic E-state index is -0.289. The second kappa shape index (κ2) is 7.70. The molecule has 0 radical (unpaired) electrons. The van der Waals surface area contributed by atoms with Crippen molar-refractivity contribution in [2.24, 2.45) is 11.7 Å². The van der Waals surface area contributed by atoms with Crippen molar-refractivity contribution < 1.29 is 4.79 Å². The van der Waals surface area contributed by atoms with Gasteiger partial charge in [-0.25, -0.2) is 0 Å². The number of amides is 1. The highest BCUT2D eigenvalue weighted by Gasteiger charge is 2.19. The van der Waals surface area contributed by atoms with E-state index in [0.717, 1.165) is 5.56 Å². The molecule has 0 spiro atoms. The lowest BCUT2D eigenvalue weighted by Crippen LogP contribution is -2.34. The average molecular weight is 347 g/mol. The average Bonchev–Trinajstić information content (AvgIpc) is 2.86. The molecule has 0 saturated carbocycles. The van der Waals surface area contributed by atoms with Gasteiger partial charge in [0.15, 0.2) is 5.01 Å². The number of nitrogens with zero attached hydrogens (tertiary/aromatic N) is 2. The minimum absolute atomic E-state index is 0. The smallest absolute Gasteiger partial charge is 0.230 e. The first-order valence-corrected chi connectivity index (χ1v) is 7.33. The maximum atomic E-state index is 11.9. The van der Waals surface area contributed by atoms with E-state index in [1.165, 1.54) is 11.3 Å². The first kappa shape index (κ1) is 17.8. The Bertz CT molecular complexity index is 618. The van der Waals surface area contributed by atoms with Crippen LogP contribution in [0.3, 0.4) is 0 Å². The van der Waals surface area contributed by atoms with Crippen molar-refractivity contribution in [1.82, 2.24) is 10.2 Å². The summed E-state index contributed by atoms with van der Waals surface area (Å²) in [6, 6.07) is 7.15. The third-order valence-electron chi connectivity index (χ3n) is 2.96. The number of carbonyl (C=O) groups excluding carboxylic acids is 1. The van der Waals surface area contributed by atoms with E-state index in [1.807, 2.05) is 18.2 Å². The second-order valence-electron chi connectivity index (χ2n) is 4.53. The van der Waals surface area contributed by atoms with Gasteiger partial charge in [-0.2, -0.15) is 0 Å². The largest absolute Gasteiger partial charge is 0.327 e. The molecule has 1 aromatic heterocycles. The molecule has 5 nitrogen and oxygen atoms in total.